The molecule has 0 aliphatic heterocycles. The first-order valence-electron chi connectivity index (χ1n) is 8.76. The highest BCUT2D eigenvalue weighted by atomic mass is 16.1. The second-order valence-electron chi connectivity index (χ2n) is 8.19. The number of allylic oxidation sites excluding steroid dienone is 2. The van der Waals surface area contributed by atoms with Gasteiger partial charge in [-0.2, -0.15) is 15.2 Å². The van der Waals surface area contributed by atoms with E-state index in [0.717, 1.165) is 36.2 Å². The molecule has 0 radical (unpaired) electrons. The number of nitriles is 1. The number of hydrogen-bond donors (Lipinski definition) is 0. The molecule has 5 rings (SSSR count). The Kier molecular flexibility index (Phi) is 2.54. The van der Waals surface area contributed by atoms with E-state index in [4.69, 9.17) is 5.10 Å². The Morgan fingerprint density at radius 1 is 1.27 bits per heavy atom. The number of hydrogen-bond acceptors (Lipinski definition) is 6. The maximum Gasteiger partial charge on any atom is 0.223 e. The molecule has 1 spiro atoms. The Morgan fingerprint density at radius 3 is 2.69 bits per heavy atom. The lowest BCUT2D eigenvalue weighted by atomic mass is 9.57. The monoisotopic (exact) mass is 349 g/mol. The van der Waals surface area contributed by atoms with Gasteiger partial charge in [-0.3, -0.25) is 9.48 Å². The lowest BCUT2D eigenvalue weighted by molar-refractivity contribution is -0.122. The van der Waals surface area contributed by atoms with Crippen LogP contribution in [-0.2, 0) is 30.7 Å². The van der Waals surface area contributed by atoms with Crippen LogP contribution in [0.5, 0.6) is 0 Å². The molecule has 1 unspecified atom stereocenters. The fourth-order valence-corrected chi connectivity index (χ4v) is 5.62. The Balaban J connectivity index is 1.77. The van der Waals surface area contributed by atoms with Crippen LogP contribution in [0.25, 0.3) is 11.5 Å². The lowest BCUT2D eigenvalue weighted by Crippen LogP contribution is -2.45. The van der Waals surface area contributed by atoms with Gasteiger partial charge in [0.05, 0.1) is 18.3 Å². The number of carbonyl (C=O) groups excluding carboxylic acids is 1. The van der Waals surface area contributed by atoms with Crippen molar-refractivity contribution in [3.8, 4) is 17.6 Å². The summed E-state index contributed by atoms with van der Waals surface area (Å²) in [6.07, 6.45) is 4.40. The summed E-state index contributed by atoms with van der Waals surface area (Å²) >= 11 is 0. The predicted octanol–water partition coefficient (Wildman–Crippen LogP) is 1.24. The molecule has 132 valence electrons. The van der Waals surface area contributed by atoms with Crippen molar-refractivity contribution in [3.05, 3.63) is 22.9 Å². The first-order chi connectivity index (χ1) is 12.3. The molecular formula is C18H19N7O. The Bertz CT molecular complexity index is 1070. The van der Waals surface area contributed by atoms with Gasteiger partial charge in [-0.1, -0.05) is 13.0 Å². The minimum Gasteiger partial charge on any atom is -0.293 e. The van der Waals surface area contributed by atoms with E-state index in [1.807, 2.05) is 24.7 Å². The summed E-state index contributed by atoms with van der Waals surface area (Å²) in [4.78, 5) is 14.2. The van der Waals surface area contributed by atoms with Gasteiger partial charge in [0, 0.05) is 23.4 Å². The number of fused-ring (bicyclic) bond motifs is 2. The highest BCUT2D eigenvalue weighted by molar-refractivity contribution is 6.07. The molecule has 0 aromatic carbocycles. The van der Waals surface area contributed by atoms with Gasteiger partial charge in [0.25, 0.3) is 0 Å². The molecule has 0 bridgehead atoms. The van der Waals surface area contributed by atoms with Gasteiger partial charge in [0.15, 0.2) is 5.78 Å². The summed E-state index contributed by atoms with van der Waals surface area (Å²) < 4.78 is 1.81. The van der Waals surface area contributed by atoms with Crippen LogP contribution < -0.4 is 0 Å². The highest BCUT2D eigenvalue weighted by Crippen LogP contribution is 2.78. The van der Waals surface area contributed by atoms with Crippen LogP contribution in [-0.4, -0.2) is 35.8 Å². The van der Waals surface area contributed by atoms with E-state index in [0.29, 0.717) is 5.82 Å². The van der Waals surface area contributed by atoms with Crippen LogP contribution >= 0.6 is 0 Å². The quantitative estimate of drug-likeness (QED) is 0.767. The third-order valence-electron chi connectivity index (χ3n) is 7.04. The molecule has 2 heterocycles. The fourth-order valence-electron chi connectivity index (χ4n) is 5.62. The zero-order valence-electron chi connectivity index (χ0n) is 15.2. The molecule has 2 aromatic heterocycles. The summed E-state index contributed by atoms with van der Waals surface area (Å²) in [5.74, 6) is 0.547. The predicted molar refractivity (Wildman–Crippen MR) is 90.5 cm³/mol. The van der Waals surface area contributed by atoms with E-state index in [9.17, 15) is 10.1 Å². The first-order valence-corrected chi connectivity index (χ1v) is 8.76. The molecule has 1 fully saturated rings. The van der Waals surface area contributed by atoms with Gasteiger partial charge in [-0.25, -0.2) is 0 Å². The Hall–Kier alpha value is -2.82. The van der Waals surface area contributed by atoms with Crippen molar-refractivity contribution in [2.24, 2.45) is 24.9 Å². The molecule has 1 saturated carbocycles. The van der Waals surface area contributed by atoms with Gasteiger partial charge in [0.1, 0.15) is 11.8 Å². The minimum atomic E-state index is -0.457. The summed E-state index contributed by atoms with van der Waals surface area (Å²) in [6.45, 7) is 4.14. The van der Waals surface area contributed by atoms with Gasteiger partial charge in [0.2, 0.25) is 5.82 Å². The second-order valence-corrected chi connectivity index (χ2v) is 8.19. The third-order valence-corrected chi connectivity index (χ3v) is 7.04. The van der Waals surface area contributed by atoms with Crippen LogP contribution in [0.1, 0.15) is 37.9 Å². The molecule has 8 nitrogen and oxygen atoms in total. The standard InChI is InChI=1S/C18H19N7O/c1-16-7-10(8-19)14(26)17(2)9-18(16,17)6-5-11-12(24(3)21-13(11)16)15-20-23-25(4)22-15/h7H,5-6,9H2,1-4H3/t16-,17?,18+/m1/s1. The normalized spacial score (nSPS) is 34.4. The summed E-state index contributed by atoms with van der Waals surface area (Å²) in [5.41, 5.74) is 2.14. The highest BCUT2D eigenvalue weighted by Gasteiger charge is 2.78. The maximum absolute atomic E-state index is 12.8. The van der Waals surface area contributed by atoms with Gasteiger partial charge < -0.3 is 0 Å². The zero-order chi connectivity index (χ0) is 18.5. The van der Waals surface area contributed by atoms with E-state index in [-0.39, 0.29) is 16.8 Å². The number of nitrogens with zero attached hydrogens (tertiary/aromatic N) is 7. The average Bonchev–Trinajstić information content (AvgIpc) is 2.88. The van der Waals surface area contributed by atoms with Crippen LogP contribution in [0, 0.1) is 22.2 Å². The van der Waals surface area contributed by atoms with Crippen molar-refractivity contribution < 1.29 is 4.79 Å². The van der Waals surface area contributed by atoms with Gasteiger partial charge >= 0.3 is 0 Å². The summed E-state index contributed by atoms with van der Waals surface area (Å²) in [5, 5.41) is 26.8. The van der Waals surface area contributed by atoms with Gasteiger partial charge in [-0.15, -0.1) is 10.2 Å². The largest absolute Gasteiger partial charge is 0.293 e. The molecule has 8 heteroatoms. The molecular weight excluding hydrogens is 330 g/mol. The summed E-state index contributed by atoms with van der Waals surface area (Å²) in [7, 11) is 3.62. The van der Waals surface area contributed by atoms with E-state index in [1.54, 1.807) is 7.05 Å². The van der Waals surface area contributed by atoms with Crippen molar-refractivity contribution in [2.75, 3.05) is 0 Å². The number of carbonyl (C=O) groups is 1. The fraction of sp³-hybridized carbons (Fsp3) is 0.556. The van der Waals surface area contributed by atoms with E-state index in [2.05, 4.69) is 28.4 Å². The third kappa shape index (κ3) is 1.45. The molecule has 2 aromatic rings. The first kappa shape index (κ1) is 15.4. The zero-order valence-corrected chi connectivity index (χ0v) is 15.2. The topological polar surface area (TPSA) is 102 Å². The summed E-state index contributed by atoms with van der Waals surface area (Å²) in [6, 6.07) is 2.12. The molecule has 0 saturated heterocycles. The van der Waals surface area contributed by atoms with Crippen molar-refractivity contribution >= 4 is 5.78 Å². The molecule has 0 N–H and O–H groups in total. The second kappa shape index (κ2) is 4.29. The SMILES string of the molecule is Cn1nnc(-c2c3c(nn2C)[C@@]2(C)C=C(C#N)C(=O)C4(C)C[C@]42CC3)n1. The molecule has 3 aliphatic carbocycles. The number of tetrazole rings is 1. The number of aromatic nitrogens is 6. The van der Waals surface area contributed by atoms with E-state index in [1.165, 1.54) is 4.80 Å². The van der Waals surface area contributed by atoms with Crippen LogP contribution in [0.15, 0.2) is 11.6 Å². The van der Waals surface area contributed by atoms with Crippen molar-refractivity contribution in [1.82, 2.24) is 30.0 Å². The van der Waals surface area contributed by atoms with Crippen molar-refractivity contribution in [2.45, 2.75) is 38.5 Å². The number of Topliss-reactive ketones (excluding diaryl/α,β-unsaturated/α-hetero) is 1. The van der Waals surface area contributed by atoms with Crippen LogP contribution in [0.4, 0.5) is 0 Å². The smallest absolute Gasteiger partial charge is 0.223 e. The van der Waals surface area contributed by atoms with Gasteiger partial charge in [-0.05, 0) is 36.8 Å². The van der Waals surface area contributed by atoms with Crippen molar-refractivity contribution in [1.29, 1.82) is 5.26 Å². The Morgan fingerprint density at radius 2 is 2.04 bits per heavy atom. The van der Waals surface area contributed by atoms with E-state index < -0.39 is 10.8 Å². The van der Waals surface area contributed by atoms with Crippen LogP contribution in [0.2, 0.25) is 0 Å². The van der Waals surface area contributed by atoms with Crippen molar-refractivity contribution in [3.63, 3.8) is 0 Å². The Labute approximate surface area is 150 Å². The molecule has 3 aliphatic rings. The molecule has 26 heavy (non-hydrogen) atoms. The lowest BCUT2D eigenvalue weighted by Gasteiger charge is -2.44. The number of rotatable bonds is 1. The number of ketones is 1. The minimum absolute atomic E-state index is 0.00678. The van der Waals surface area contributed by atoms with E-state index >= 15 is 0 Å². The average molecular weight is 349 g/mol. The maximum atomic E-state index is 12.8. The van der Waals surface area contributed by atoms with Crippen LogP contribution in [0.3, 0.4) is 0 Å². The molecule has 0 amide bonds. The molecule has 3 atom stereocenters. The number of aryl methyl sites for hydroxylation is 2.